The molecule has 8 nitrogen and oxygen atoms in total. The largest absolute Gasteiger partial charge is 0.394 e. The third kappa shape index (κ3) is 7.07. The number of epoxide rings is 4. The van der Waals surface area contributed by atoms with Gasteiger partial charge in [-0.15, -0.1) is 0 Å². The number of ether oxygens (including phenoxy) is 6. The topological polar surface area (TPSA) is 109 Å². The zero-order valence-electron chi connectivity index (χ0n) is 14.8. The Morgan fingerprint density at radius 2 is 1.28 bits per heavy atom. The summed E-state index contributed by atoms with van der Waals surface area (Å²) >= 11 is 0. The lowest BCUT2D eigenvalue weighted by molar-refractivity contribution is -0.156. The van der Waals surface area contributed by atoms with E-state index in [4.69, 9.17) is 38.6 Å². The second-order valence-corrected chi connectivity index (χ2v) is 7.03. The summed E-state index contributed by atoms with van der Waals surface area (Å²) in [6, 6.07) is 0. The van der Waals surface area contributed by atoms with Crippen molar-refractivity contribution in [3.63, 3.8) is 0 Å². The molecule has 0 spiro atoms. The number of aliphatic hydroxyl groups excluding tert-OH is 2. The molecule has 0 amide bonds. The zero-order chi connectivity index (χ0) is 17.7. The molecule has 4 heterocycles. The van der Waals surface area contributed by atoms with Crippen LogP contribution in [0.15, 0.2) is 0 Å². The van der Waals surface area contributed by atoms with Crippen molar-refractivity contribution in [3.8, 4) is 0 Å². The number of rotatable bonds is 12. The molecule has 0 aromatic rings. The molecule has 25 heavy (non-hydrogen) atoms. The maximum atomic E-state index is 7.62. The highest BCUT2D eigenvalue weighted by molar-refractivity contribution is 4.97. The Hall–Kier alpha value is -0.320. The Balaban J connectivity index is 0.000000415. The van der Waals surface area contributed by atoms with Gasteiger partial charge >= 0.3 is 0 Å². The molecule has 0 aromatic carbocycles. The fourth-order valence-electron chi connectivity index (χ4n) is 2.78. The Kier molecular flexibility index (Phi) is 7.04. The van der Waals surface area contributed by atoms with Crippen LogP contribution in [0.1, 0.15) is 19.8 Å². The molecule has 0 saturated carbocycles. The molecule has 4 saturated heterocycles. The zero-order valence-corrected chi connectivity index (χ0v) is 14.8. The molecule has 2 N–H and O–H groups in total. The highest BCUT2D eigenvalue weighted by atomic mass is 16.6. The van der Waals surface area contributed by atoms with E-state index in [0.717, 1.165) is 39.3 Å². The highest BCUT2D eigenvalue weighted by Gasteiger charge is 2.48. The van der Waals surface area contributed by atoms with Crippen LogP contribution in [-0.2, 0) is 28.4 Å². The van der Waals surface area contributed by atoms with Gasteiger partial charge in [-0.25, -0.2) is 0 Å². The third-order valence-corrected chi connectivity index (χ3v) is 4.69. The summed E-state index contributed by atoms with van der Waals surface area (Å²) in [5, 5.41) is 15.2. The van der Waals surface area contributed by atoms with E-state index in [2.05, 4.69) is 6.92 Å². The van der Waals surface area contributed by atoms with Gasteiger partial charge in [-0.1, -0.05) is 0 Å². The molecule has 4 aliphatic rings. The van der Waals surface area contributed by atoms with Gasteiger partial charge in [0.1, 0.15) is 12.2 Å². The summed E-state index contributed by atoms with van der Waals surface area (Å²) in [7, 11) is 0. The Labute approximate surface area is 148 Å². The van der Waals surface area contributed by atoms with Crippen LogP contribution in [0.2, 0.25) is 0 Å². The minimum Gasteiger partial charge on any atom is -0.394 e. The lowest BCUT2D eigenvalue weighted by atomic mass is 9.86. The highest BCUT2D eigenvalue weighted by Crippen LogP contribution is 2.38. The smallest absolute Gasteiger partial charge is 0.104 e. The molecule has 0 aliphatic carbocycles. The van der Waals surface area contributed by atoms with Gasteiger partial charge in [0.05, 0.1) is 76.8 Å². The first-order valence-electron chi connectivity index (χ1n) is 9.09. The van der Waals surface area contributed by atoms with Crippen LogP contribution in [-0.4, -0.2) is 99.2 Å². The van der Waals surface area contributed by atoms with E-state index in [1.165, 1.54) is 0 Å². The summed E-state index contributed by atoms with van der Waals surface area (Å²) in [6.07, 6.45) is 2.85. The average Bonchev–Trinajstić information content (AvgIpc) is 3.48. The van der Waals surface area contributed by atoms with Gasteiger partial charge in [0.25, 0.3) is 0 Å². The molecule has 4 aliphatic heterocycles. The van der Waals surface area contributed by atoms with Crippen molar-refractivity contribution in [3.05, 3.63) is 0 Å². The SMILES string of the molecule is CC(OCC1CO1)C(CC1CO1)(CC1CO1)OCC1CO1.OCCO. The first-order chi connectivity index (χ1) is 12.1. The van der Waals surface area contributed by atoms with Gasteiger partial charge in [-0.05, 0) is 6.92 Å². The molecular weight excluding hydrogens is 332 g/mol. The molecule has 4 rings (SSSR count). The predicted molar refractivity (Wildman–Crippen MR) is 86.5 cm³/mol. The summed E-state index contributed by atoms with van der Waals surface area (Å²) in [5.74, 6) is 0. The van der Waals surface area contributed by atoms with Crippen LogP contribution in [0.5, 0.6) is 0 Å². The van der Waals surface area contributed by atoms with Crippen molar-refractivity contribution < 1.29 is 38.6 Å². The van der Waals surface area contributed by atoms with E-state index in [-0.39, 0.29) is 37.1 Å². The van der Waals surface area contributed by atoms with Crippen molar-refractivity contribution in [2.75, 3.05) is 52.9 Å². The van der Waals surface area contributed by atoms with Crippen LogP contribution in [0.3, 0.4) is 0 Å². The first-order valence-corrected chi connectivity index (χ1v) is 9.09. The Bertz CT molecular complexity index is 374. The van der Waals surface area contributed by atoms with E-state index in [9.17, 15) is 0 Å². The van der Waals surface area contributed by atoms with Crippen molar-refractivity contribution in [2.45, 2.75) is 55.9 Å². The second-order valence-electron chi connectivity index (χ2n) is 7.03. The van der Waals surface area contributed by atoms with Crippen LogP contribution in [0.25, 0.3) is 0 Å². The van der Waals surface area contributed by atoms with Crippen molar-refractivity contribution >= 4 is 0 Å². The molecule has 0 radical (unpaired) electrons. The number of hydrogen-bond donors (Lipinski definition) is 2. The number of hydrogen-bond acceptors (Lipinski definition) is 8. The fourth-order valence-corrected chi connectivity index (χ4v) is 2.78. The lowest BCUT2D eigenvalue weighted by Crippen LogP contribution is -2.48. The predicted octanol–water partition coefficient (Wildman–Crippen LogP) is -0.507. The summed E-state index contributed by atoms with van der Waals surface area (Å²) in [6.45, 7) is 6.40. The molecule has 5 unspecified atom stereocenters. The standard InChI is InChI=1S/C15H24O6.C2H6O2/c1-10(16-6-13-7-19-13)15(2-11-4-17-11,3-12-5-18-12)21-9-14-8-20-14;3-1-2-4/h10-14H,2-9H2,1H3;3-4H,1-2H2. The average molecular weight is 362 g/mol. The monoisotopic (exact) mass is 362 g/mol. The molecule has 0 aromatic heterocycles. The van der Waals surface area contributed by atoms with E-state index < -0.39 is 0 Å². The molecule has 146 valence electrons. The summed E-state index contributed by atoms with van der Waals surface area (Å²) < 4.78 is 33.8. The van der Waals surface area contributed by atoms with Crippen LogP contribution < -0.4 is 0 Å². The van der Waals surface area contributed by atoms with Crippen LogP contribution >= 0.6 is 0 Å². The van der Waals surface area contributed by atoms with Crippen molar-refractivity contribution in [1.82, 2.24) is 0 Å². The summed E-state index contributed by atoms with van der Waals surface area (Å²) in [5.41, 5.74) is -0.344. The third-order valence-electron chi connectivity index (χ3n) is 4.69. The molecule has 0 bridgehead atoms. The maximum absolute atomic E-state index is 7.62. The minimum atomic E-state index is -0.344. The van der Waals surface area contributed by atoms with E-state index in [1.807, 2.05) is 0 Å². The first kappa shape index (κ1) is 19.4. The van der Waals surface area contributed by atoms with Gasteiger partial charge in [0, 0.05) is 12.8 Å². The quantitative estimate of drug-likeness (QED) is 0.447. The van der Waals surface area contributed by atoms with Gasteiger partial charge < -0.3 is 38.6 Å². The fraction of sp³-hybridized carbons (Fsp3) is 1.00. The Morgan fingerprint density at radius 3 is 1.68 bits per heavy atom. The van der Waals surface area contributed by atoms with E-state index >= 15 is 0 Å². The van der Waals surface area contributed by atoms with Gasteiger partial charge in [-0.2, -0.15) is 0 Å². The minimum absolute atomic E-state index is 0.00569. The van der Waals surface area contributed by atoms with Gasteiger partial charge in [0.15, 0.2) is 0 Å². The number of aliphatic hydroxyl groups is 2. The van der Waals surface area contributed by atoms with E-state index in [0.29, 0.717) is 25.4 Å². The molecule has 8 heteroatoms. The molecular formula is C17H30O8. The lowest BCUT2D eigenvalue weighted by Gasteiger charge is -2.38. The summed E-state index contributed by atoms with van der Waals surface area (Å²) in [4.78, 5) is 0. The van der Waals surface area contributed by atoms with Gasteiger partial charge in [0.2, 0.25) is 0 Å². The van der Waals surface area contributed by atoms with Gasteiger partial charge in [-0.3, -0.25) is 0 Å². The second kappa shape index (κ2) is 9.05. The molecule has 4 fully saturated rings. The van der Waals surface area contributed by atoms with Crippen LogP contribution in [0.4, 0.5) is 0 Å². The maximum Gasteiger partial charge on any atom is 0.104 e. The van der Waals surface area contributed by atoms with Crippen molar-refractivity contribution in [2.24, 2.45) is 0 Å². The molecule has 5 atom stereocenters. The van der Waals surface area contributed by atoms with E-state index in [1.54, 1.807) is 0 Å². The Morgan fingerprint density at radius 1 is 0.840 bits per heavy atom. The normalized spacial score (nSPS) is 35.2. The van der Waals surface area contributed by atoms with Crippen molar-refractivity contribution in [1.29, 1.82) is 0 Å². The van der Waals surface area contributed by atoms with Crippen LogP contribution in [0, 0.1) is 0 Å².